The Morgan fingerprint density at radius 2 is 2.07 bits per heavy atom. The normalized spacial score (nSPS) is 11.8. The fourth-order valence-electron chi connectivity index (χ4n) is 2.69. The summed E-state index contributed by atoms with van der Waals surface area (Å²) in [6.45, 7) is 1.83. The molecule has 150 valence electrons. The zero-order valence-electron chi connectivity index (χ0n) is 15.7. The molecule has 0 N–H and O–H groups in total. The van der Waals surface area contributed by atoms with Crippen LogP contribution >= 0.6 is 23.4 Å². The molecule has 0 aliphatic rings. The molecular weight excluding hydrogens is 414 g/mol. The van der Waals surface area contributed by atoms with Crippen LogP contribution in [0.25, 0.3) is 5.69 Å². The van der Waals surface area contributed by atoms with Gasteiger partial charge in [-0.2, -0.15) is 0 Å². The topological polar surface area (TPSA) is 94.2 Å². The molecule has 1 heterocycles. The van der Waals surface area contributed by atoms with E-state index in [0.717, 1.165) is 5.69 Å². The van der Waals surface area contributed by atoms with Gasteiger partial charge in [-0.1, -0.05) is 41.6 Å². The molecule has 0 fully saturated rings. The number of carbonyl (C=O) groups excluding carboxylic acids is 1. The predicted molar refractivity (Wildman–Crippen MR) is 111 cm³/mol. The fourth-order valence-corrected chi connectivity index (χ4v) is 3.73. The minimum atomic E-state index is -0.448. The fraction of sp³-hybridized carbons (Fsp3) is 0.211. The van der Waals surface area contributed by atoms with E-state index in [9.17, 15) is 14.9 Å². The first-order valence-corrected chi connectivity index (χ1v) is 10.0. The lowest BCUT2D eigenvalue weighted by atomic mass is 10.1. The van der Waals surface area contributed by atoms with E-state index in [1.54, 1.807) is 47.1 Å². The Bertz CT molecular complexity index is 1040. The van der Waals surface area contributed by atoms with E-state index in [4.69, 9.17) is 11.6 Å². The molecule has 2 aromatic carbocycles. The summed E-state index contributed by atoms with van der Waals surface area (Å²) < 4.78 is 1.76. The highest BCUT2D eigenvalue weighted by Crippen LogP contribution is 2.25. The summed E-state index contributed by atoms with van der Waals surface area (Å²) in [5, 5.41) is 20.1. The Labute approximate surface area is 176 Å². The Morgan fingerprint density at radius 1 is 1.31 bits per heavy atom. The molecule has 29 heavy (non-hydrogen) atoms. The van der Waals surface area contributed by atoms with Gasteiger partial charge >= 0.3 is 0 Å². The maximum Gasteiger partial charge on any atom is 0.269 e. The molecule has 0 bridgehead atoms. The van der Waals surface area contributed by atoms with Crippen molar-refractivity contribution >= 4 is 35.0 Å². The summed E-state index contributed by atoms with van der Waals surface area (Å²) >= 11 is 7.30. The SMILES string of the molecule is CC(c1cccc([N+](=O)[O-])c1)N(C)C(=O)CSc1nncn1-c1cccc(Cl)c1. The molecule has 8 nitrogen and oxygen atoms in total. The largest absolute Gasteiger partial charge is 0.338 e. The Kier molecular flexibility index (Phi) is 6.50. The first-order chi connectivity index (χ1) is 13.9. The van der Waals surface area contributed by atoms with Crippen LogP contribution in [0, 0.1) is 10.1 Å². The summed E-state index contributed by atoms with van der Waals surface area (Å²) in [7, 11) is 1.67. The summed E-state index contributed by atoms with van der Waals surface area (Å²) in [5.74, 6) is 0.0179. The van der Waals surface area contributed by atoms with E-state index < -0.39 is 4.92 Å². The van der Waals surface area contributed by atoms with Gasteiger partial charge in [-0.05, 0) is 30.7 Å². The molecular formula is C19H18ClN5O3S. The molecule has 1 aromatic heterocycles. The lowest BCUT2D eigenvalue weighted by Crippen LogP contribution is -2.31. The first-order valence-electron chi connectivity index (χ1n) is 8.65. The van der Waals surface area contributed by atoms with Gasteiger partial charge < -0.3 is 4.90 Å². The second-order valence-corrected chi connectivity index (χ2v) is 7.66. The molecule has 0 radical (unpaired) electrons. The van der Waals surface area contributed by atoms with Crippen LogP contribution in [0.2, 0.25) is 5.02 Å². The van der Waals surface area contributed by atoms with Gasteiger partial charge in [-0.15, -0.1) is 10.2 Å². The van der Waals surface area contributed by atoms with Gasteiger partial charge in [-0.3, -0.25) is 19.5 Å². The van der Waals surface area contributed by atoms with Crippen molar-refractivity contribution < 1.29 is 9.72 Å². The number of nitrogens with zero attached hydrogens (tertiary/aromatic N) is 5. The van der Waals surface area contributed by atoms with Gasteiger partial charge in [0.1, 0.15) is 6.33 Å². The highest BCUT2D eigenvalue weighted by atomic mass is 35.5. The highest BCUT2D eigenvalue weighted by Gasteiger charge is 2.20. The molecule has 0 aliphatic heterocycles. The number of amides is 1. The second kappa shape index (κ2) is 9.06. The van der Waals surface area contributed by atoms with Crippen LogP contribution in [-0.2, 0) is 4.79 Å². The molecule has 0 saturated carbocycles. The molecule has 10 heteroatoms. The van der Waals surface area contributed by atoms with Gasteiger partial charge in [0.15, 0.2) is 5.16 Å². The zero-order chi connectivity index (χ0) is 21.0. The number of nitro benzene ring substituents is 1. The van der Waals surface area contributed by atoms with Gasteiger partial charge in [0.05, 0.1) is 22.4 Å². The lowest BCUT2D eigenvalue weighted by Gasteiger charge is -2.25. The molecule has 1 atom stereocenters. The minimum Gasteiger partial charge on any atom is -0.338 e. The molecule has 3 rings (SSSR count). The number of carbonyl (C=O) groups is 1. The lowest BCUT2D eigenvalue weighted by molar-refractivity contribution is -0.384. The summed E-state index contributed by atoms with van der Waals surface area (Å²) in [6.07, 6.45) is 1.56. The molecule has 1 amide bonds. The number of nitro groups is 1. The Hall–Kier alpha value is -2.91. The van der Waals surface area contributed by atoms with Gasteiger partial charge in [0.25, 0.3) is 5.69 Å². The Balaban J connectivity index is 1.68. The van der Waals surface area contributed by atoms with E-state index in [-0.39, 0.29) is 23.4 Å². The van der Waals surface area contributed by atoms with Crippen molar-refractivity contribution in [1.82, 2.24) is 19.7 Å². The van der Waals surface area contributed by atoms with E-state index in [1.165, 1.54) is 23.9 Å². The molecule has 0 saturated heterocycles. The van der Waals surface area contributed by atoms with Crippen molar-refractivity contribution in [3.8, 4) is 5.69 Å². The first kappa shape index (κ1) is 20.8. The summed E-state index contributed by atoms with van der Waals surface area (Å²) in [5.41, 5.74) is 1.50. The van der Waals surface area contributed by atoms with Crippen molar-refractivity contribution in [3.63, 3.8) is 0 Å². The van der Waals surface area contributed by atoms with E-state index >= 15 is 0 Å². The molecule has 1 unspecified atom stereocenters. The third-order valence-electron chi connectivity index (χ3n) is 4.47. The van der Waals surface area contributed by atoms with Crippen molar-refractivity contribution in [2.75, 3.05) is 12.8 Å². The van der Waals surface area contributed by atoms with Crippen LogP contribution < -0.4 is 0 Å². The highest BCUT2D eigenvalue weighted by molar-refractivity contribution is 7.99. The third-order valence-corrected chi connectivity index (χ3v) is 5.63. The van der Waals surface area contributed by atoms with Gasteiger partial charge in [0, 0.05) is 24.2 Å². The minimum absolute atomic E-state index is 0.000743. The quantitative estimate of drug-likeness (QED) is 0.317. The van der Waals surface area contributed by atoms with E-state index in [0.29, 0.717) is 15.7 Å². The maximum atomic E-state index is 12.7. The van der Waals surface area contributed by atoms with Crippen LogP contribution in [0.3, 0.4) is 0 Å². The summed E-state index contributed by atoms with van der Waals surface area (Å²) in [6, 6.07) is 13.2. The molecule has 0 aliphatic carbocycles. The van der Waals surface area contributed by atoms with Crippen LogP contribution in [0.5, 0.6) is 0 Å². The number of rotatable bonds is 7. The van der Waals surface area contributed by atoms with Crippen LogP contribution in [-0.4, -0.2) is 43.3 Å². The second-order valence-electron chi connectivity index (χ2n) is 6.28. The number of thioether (sulfide) groups is 1. The van der Waals surface area contributed by atoms with Gasteiger partial charge in [0.2, 0.25) is 5.91 Å². The zero-order valence-corrected chi connectivity index (χ0v) is 17.3. The predicted octanol–water partition coefficient (Wildman–Crippen LogP) is 4.14. The molecule has 0 spiro atoms. The van der Waals surface area contributed by atoms with Crippen molar-refractivity contribution in [3.05, 3.63) is 75.6 Å². The van der Waals surface area contributed by atoms with Crippen LogP contribution in [0.15, 0.2) is 60.0 Å². The van der Waals surface area contributed by atoms with Crippen molar-refractivity contribution in [1.29, 1.82) is 0 Å². The van der Waals surface area contributed by atoms with Crippen molar-refractivity contribution in [2.24, 2.45) is 0 Å². The maximum absolute atomic E-state index is 12.7. The smallest absolute Gasteiger partial charge is 0.269 e. The van der Waals surface area contributed by atoms with Crippen LogP contribution in [0.1, 0.15) is 18.5 Å². The number of non-ortho nitro benzene ring substituents is 1. The molecule has 3 aromatic rings. The standard InChI is InChI=1S/C19H18ClN5O3S/c1-13(14-5-3-8-17(9-14)25(27)28)23(2)18(26)11-29-19-22-21-12-24(19)16-7-4-6-15(20)10-16/h3-10,12-13H,11H2,1-2H3. The summed E-state index contributed by atoms with van der Waals surface area (Å²) in [4.78, 5) is 24.8. The number of hydrogen-bond donors (Lipinski definition) is 0. The third kappa shape index (κ3) is 4.93. The Morgan fingerprint density at radius 3 is 2.79 bits per heavy atom. The van der Waals surface area contributed by atoms with Crippen molar-refractivity contribution in [2.45, 2.75) is 18.1 Å². The monoisotopic (exact) mass is 431 g/mol. The van der Waals surface area contributed by atoms with E-state index in [1.807, 2.05) is 19.1 Å². The number of hydrogen-bond acceptors (Lipinski definition) is 6. The van der Waals surface area contributed by atoms with Crippen LogP contribution in [0.4, 0.5) is 5.69 Å². The average molecular weight is 432 g/mol. The number of aromatic nitrogens is 3. The number of benzene rings is 2. The average Bonchev–Trinajstić information content (AvgIpc) is 3.19. The van der Waals surface area contributed by atoms with E-state index in [2.05, 4.69) is 10.2 Å². The number of halogens is 1. The van der Waals surface area contributed by atoms with Gasteiger partial charge in [-0.25, -0.2) is 0 Å².